The molecule has 1 saturated heterocycles. The highest BCUT2D eigenvalue weighted by Crippen LogP contribution is 2.57. The molecule has 4 rings (SSSR count). The van der Waals surface area contributed by atoms with Gasteiger partial charge in [-0.1, -0.05) is 0 Å². The molecule has 1 atom stereocenters. The van der Waals surface area contributed by atoms with Crippen LogP contribution in [-0.4, -0.2) is 40.7 Å². The standard InChI is InChI=1S/C21H26N2O3S/c1-14-10-15(2)26-19(14)20(25)22-7-5-21(6-8-22)11-18(21)23(16(3)24)12-17-4-9-27-13-17/h4,9-10,13,18H,5-8,11-12H2,1-3H3. The van der Waals surface area contributed by atoms with E-state index in [-0.39, 0.29) is 17.2 Å². The molecule has 1 saturated carbocycles. The Morgan fingerprint density at radius 2 is 2.07 bits per heavy atom. The summed E-state index contributed by atoms with van der Waals surface area (Å²) in [4.78, 5) is 28.9. The Bertz CT molecular complexity index is 847. The summed E-state index contributed by atoms with van der Waals surface area (Å²) < 4.78 is 5.60. The number of furan rings is 1. The molecule has 2 aromatic heterocycles. The van der Waals surface area contributed by atoms with E-state index >= 15 is 0 Å². The summed E-state index contributed by atoms with van der Waals surface area (Å²) in [5, 5.41) is 4.17. The molecule has 0 N–H and O–H groups in total. The SMILES string of the molecule is CC(=O)N(Cc1ccsc1)C1CC12CCN(C(=O)c1oc(C)cc1C)CC2. The van der Waals surface area contributed by atoms with Gasteiger partial charge in [0, 0.05) is 38.2 Å². The third-order valence-electron chi connectivity index (χ3n) is 6.14. The zero-order valence-corrected chi connectivity index (χ0v) is 17.0. The highest BCUT2D eigenvalue weighted by atomic mass is 32.1. The normalized spacial score (nSPS) is 20.7. The molecule has 1 aliphatic carbocycles. The van der Waals surface area contributed by atoms with Crippen LogP contribution < -0.4 is 0 Å². The Hall–Kier alpha value is -2.08. The minimum atomic E-state index is -0.00523. The number of piperidine rings is 1. The number of nitrogens with zero attached hydrogens (tertiary/aromatic N) is 2. The van der Waals surface area contributed by atoms with Crippen molar-refractivity contribution in [3.8, 4) is 0 Å². The summed E-state index contributed by atoms with van der Waals surface area (Å²) in [6.07, 6.45) is 2.96. The third-order valence-corrected chi connectivity index (χ3v) is 6.87. The van der Waals surface area contributed by atoms with Crippen LogP contribution in [0.5, 0.6) is 0 Å². The van der Waals surface area contributed by atoms with Crippen molar-refractivity contribution in [1.29, 1.82) is 0 Å². The summed E-state index contributed by atoms with van der Waals surface area (Å²) in [6.45, 7) is 7.62. The van der Waals surface area contributed by atoms with Crippen molar-refractivity contribution in [2.24, 2.45) is 5.41 Å². The molecule has 0 bridgehead atoms. The highest BCUT2D eigenvalue weighted by Gasteiger charge is 2.58. The Morgan fingerprint density at radius 1 is 1.33 bits per heavy atom. The second kappa shape index (κ2) is 6.82. The van der Waals surface area contributed by atoms with Gasteiger partial charge in [0.2, 0.25) is 5.91 Å². The van der Waals surface area contributed by atoms with Crippen LogP contribution in [0.3, 0.4) is 0 Å². The van der Waals surface area contributed by atoms with Crippen molar-refractivity contribution in [2.75, 3.05) is 13.1 Å². The van der Waals surface area contributed by atoms with E-state index in [9.17, 15) is 9.59 Å². The lowest BCUT2D eigenvalue weighted by Gasteiger charge is -2.34. The van der Waals surface area contributed by atoms with E-state index in [1.54, 1.807) is 18.3 Å². The van der Waals surface area contributed by atoms with Crippen molar-refractivity contribution < 1.29 is 14.0 Å². The van der Waals surface area contributed by atoms with Crippen molar-refractivity contribution >= 4 is 23.2 Å². The first kappa shape index (κ1) is 18.3. The fraction of sp³-hybridized carbons (Fsp3) is 0.524. The van der Waals surface area contributed by atoms with E-state index in [1.807, 2.05) is 29.7 Å². The predicted molar refractivity (Wildman–Crippen MR) is 105 cm³/mol. The molecule has 27 heavy (non-hydrogen) atoms. The van der Waals surface area contributed by atoms with E-state index in [4.69, 9.17) is 4.42 Å². The van der Waals surface area contributed by atoms with Crippen molar-refractivity contribution in [2.45, 2.75) is 52.6 Å². The molecule has 2 amide bonds. The molecule has 3 heterocycles. The minimum Gasteiger partial charge on any atom is -0.456 e. The lowest BCUT2D eigenvalue weighted by atomic mass is 9.92. The van der Waals surface area contributed by atoms with E-state index in [1.165, 1.54) is 5.56 Å². The number of thiophene rings is 1. The molecule has 6 heteroatoms. The first-order valence-electron chi connectivity index (χ1n) is 9.54. The molecular formula is C21H26N2O3S. The van der Waals surface area contributed by atoms with Gasteiger partial charge in [-0.2, -0.15) is 11.3 Å². The minimum absolute atomic E-state index is 0.00523. The van der Waals surface area contributed by atoms with Crippen LogP contribution in [0.15, 0.2) is 27.3 Å². The highest BCUT2D eigenvalue weighted by molar-refractivity contribution is 7.07. The molecule has 1 aliphatic heterocycles. The van der Waals surface area contributed by atoms with Gasteiger partial charge in [-0.15, -0.1) is 0 Å². The molecule has 5 nitrogen and oxygen atoms in total. The first-order valence-corrected chi connectivity index (χ1v) is 10.5. The van der Waals surface area contributed by atoms with Crippen LogP contribution in [0.25, 0.3) is 0 Å². The molecular weight excluding hydrogens is 360 g/mol. The van der Waals surface area contributed by atoms with E-state index in [2.05, 4.69) is 16.8 Å². The summed E-state index contributed by atoms with van der Waals surface area (Å²) >= 11 is 1.67. The Labute approximate surface area is 163 Å². The summed E-state index contributed by atoms with van der Waals surface area (Å²) in [5.74, 6) is 1.38. The molecule has 2 aromatic rings. The van der Waals surface area contributed by atoms with Crippen LogP contribution in [0.2, 0.25) is 0 Å². The van der Waals surface area contributed by atoms with Crippen molar-refractivity contribution in [3.05, 3.63) is 45.5 Å². The second-order valence-corrected chi connectivity index (χ2v) is 8.80. The average Bonchev–Trinajstić information content (AvgIpc) is 2.98. The predicted octanol–water partition coefficient (Wildman–Crippen LogP) is 4.00. The van der Waals surface area contributed by atoms with Gasteiger partial charge in [0.05, 0.1) is 0 Å². The fourth-order valence-corrected chi connectivity index (χ4v) is 5.14. The zero-order chi connectivity index (χ0) is 19.2. The van der Waals surface area contributed by atoms with Gasteiger partial charge >= 0.3 is 0 Å². The molecule has 1 unspecified atom stereocenters. The zero-order valence-electron chi connectivity index (χ0n) is 16.2. The number of amides is 2. The Kier molecular flexibility index (Phi) is 4.62. The van der Waals surface area contributed by atoms with Crippen molar-refractivity contribution in [1.82, 2.24) is 9.80 Å². The average molecular weight is 387 g/mol. The summed E-state index contributed by atoms with van der Waals surface area (Å²) in [5.41, 5.74) is 2.29. The maximum absolute atomic E-state index is 12.8. The molecule has 2 fully saturated rings. The fourth-order valence-electron chi connectivity index (χ4n) is 4.48. The monoisotopic (exact) mass is 386 g/mol. The van der Waals surface area contributed by atoms with Gasteiger partial charge in [-0.25, -0.2) is 0 Å². The van der Waals surface area contributed by atoms with Gasteiger partial charge in [0.25, 0.3) is 5.91 Å². The molecule has 1 spiro atoms. The lowest BCUT2D eigenvalue weighted by molar-refractivity contribution is -0.130. The van der Waals surface area contributed by atoms with Gasteiger partial charge in [0.1, 0.15) is 5.76 Å². The third kappa shape index (κ3) is 3.43. The molecule has 0 radical (unpaired) electrons. The maximum Gasteiger partial charge on any atom is 0.289 e. The summed E-state index contributed by atoms with van der Waals surface area (Å²) in [7, 11) is 0. The number of likely N-dealkylation sites (tertiary alicyclic amines) is 1. The number of hydrogen-bond donors (Lipinski definition) is 0. The lowest BCUT2D eigenvalue weighted by Crippen LogP contribution is -2.42. The number of carbonyl (C=O) groups is 2. The van der Waals surface area contributed by atoms with Crippen LogP contribution in [-0.2, 0) is 11.3 Å². The van der Waals surface area contributed by atoms with Crippen molar-refractivity contribution in [3.63, 3.8) is 0 Å². The number of rotatable bonds is 4. The number of carbonyl (C=O) groups excluding carboxylic acids is 2. The Morgan fingerprint density at radius 3 is 2.63 bits per heavy atom. The molecule has 144 valence electrons. The number of hydrogen-bond acceptors (Lipinski definition) is 4. The maximum atomic E-state index is 12.8. The number of aryl methyl sites for hydroxylation is 2. The van der Waals surface area contributed by atoms with Crippen LogP contribution in [0.4, 0.5) is 0 Å². The largest absolute Gasteiger partial charge is 0.456 e. The quantitative estimate of drug-likeness (QED) is 0.798. The first-order chi connectivity index (χ1) is 12.9. The van der Waals surface area contributed by atoms with Gasteiger partial charge < -0.3 is 14.2 Å². The van der Waals surface area contributed by atoms with E-state index < -0.39 is 0 Å². The summed E-state index contributed by atoms with van der Waals surface area (Å²) in [6, 6.07) is 4.30. The Balaban J connectivity index is 1.39. The van der Waals surface area contributed by atoms with Gasteiger partial charge in [0.15, 0.2) is 5.76 Å². The van der Waals surface area contributed by atoms with Crippen LogP contribution in [0.1, 0.15) is 53.6 Å². The van der Waals surface area contributed by atoms with Gasteiger partial charge in [-0.3, -0.25) is 9.59 Å². The van der Waals surface area contributed by atoms with Crippen LogP contribution in [0, 0.1) is 19.3 Å². The van der Waals surface area contributed by atoms with E-state index in [0.717, 1.165) is 43.7 Å². The van der Waals surface area contributed by atoms with Gasteiger partial charge in [-0.05, 0) is 67.0 Å². The molecule has 0 aromatic carbocycles. The molecule has 2 aliphatic rings. The second-order valence-electron chi connectivity index (χ2n) is 8.02. The smallest absolute Gasteiger partial charge is 0.289 e. The topological polar surface area (TPSA) is 53.8 Å². The van der Waals surface area contributed by atoms with Crippen LogP contribution >= 0.6 is 11.3 Å². The van der Waals surface area contributed by atoms with E-state index in [0.29, 0.717) is 18.3 Å².